The number of halogens is 4. The van der Waals surface area contributed by atoms with Gasteiger partial charge in [0.2, 0.25) is 0 Å². The number of benzene rings is 1. The van der Waals surface area contributed by atoms with Crippen LogP contribution in [0.4, 0.5) is 13.2 Å². The van der Waals surface area contributed by atoms with Crippen LogP contribution in [0.5, 0.6) is 0 Å². The van der Waals surface area contributed by atoms with Crippen molar-refractivity contribution in [1.82, 2.24) is 5.32 Å². The quantitative estimate of drug-likeness (QED) is 0.784. The Morgan fingerprint density at radius 2 is 1.80 bits per heavy atom. The summed E-state index contributed by atoms with van der Waals surface area (Å²) in [6.07, 6.45) is -4.29. The molecule has 1 aromatic carbocycles. The van der Waals surface area contributed by atoms with Crippen molar-refractivity contribution in [3.05, 3.63) is 56.2 Å². The summed E-state index contributed by atoms with van der Waals surface area (Å²) in [5, 5.41) is 3.30. The molecule has 2 rings (SSSR count). The zero-order chi connectivity index (χ0) is 14.8. The molecular weight excluding hydrogens is 351 g/mol. The fourth-order valence-electron chi connectivity index (χ4n) is 1.93. The van der Waals surface area contributed by atoms with Gasteiger partial charge in [0.1, 0.15) is 0 Å². The first-order valence-electron chi connectivity index (χ1n) is 6.07. The maximum Gasteiger partial charge on any atom is 0.416 e. The molecule has 20 heavy (non-hydrogen) atoms. The maximum atomic E-state index is 12.6. The summed E-state index contributed by atoms with van der Waals surface area (Å²) >= 11 is 4.98. The summed E-state index contributed by atoms with van der Waals surface area (Å²) in [4.78, 5) is 1.07. The molecule has 0 amide bonds. The summed E-state index contributed by atoms with van der Waals surface area (Å²) < 4.78 is 38.7. The molecule has 0 spiro atoms. The Hall–Kier alpha value is -0.850. The van der Waals surface area contributed by atoms with Crippen LogP contribution >= 0.6 is 27.3 Å². The van der Waals surface area contributed by atoms with Crippen LogP contribution in [0.15, 0.2) is 40.2 Å². The van der Waals surface area contributed by atoms with Crippen molar-refractivity contribution >= 4 is 27.3 Å². The summed E-state index contributed by atoms with van der Waals surface area (Å²) in [6, 6.07) is 9.14. The van der Waals surface area contributed by atoms with Crippen molar-refractivity contribution in [2.24, 2.45) is 0 Å². The van der Waals surface area contributed by atoms with Gasteiger partial charge in [0.25, 0.3) is 0 Å². The van der Waals surface area contributed by atoms with Gasteiger partial charge in [0.05, 0.1) is 15.4 Å². The lowest BCUT2D eigenvalue weighted by Crippen LogP contribution is -2.21. The average Bonchev–Trinajstić information content (AvgIpc) is 2.81. The molecule has 1 atom stereocenters. The van der Waals surface area contributed by atoms with E-state index in [-0.39, 0.29) is 6.04 Å². The second-order valence-electron chi connectivity index (χ2n) is 4.25. The SMILES string of the molecule is CCNC(c1ccc(C(F)(F)F)cc1)c1ccc(Br)s1. The molecule has 1 aromatic heterocycles. The van der Waals surface area contributed by atoms with Crippen LogP contribution in [0, 0.1) is 0 Å². The highest BCUT2D eigenvalue weighted by atomic mass is 79.9. The summed E-state index contributed by atoms with van der Waals surface area (Å²) in [5.41, 5.74) is 0.207. The van der Waals surface area contributed by atoms with E-state index in [9.17, 15) is 13.2 Å². The number of nitrogens with one attached hydrogen (secondary N) is 1. The minimum atomic E-state index is -4.29. The molecule has 1 unspecified atom stereocenters. The minimum Gasteiger partial charge on any atom is -0.306 e. The van der Waals surface area contributed by atoms with Gasteiger partial charge in [0.15, 0.2) is 0 Å². The molecule has 0 aliphatic carbocycles. The van der Waals surface area contributed by atoms with E-state index in [4.69, 9.17) is 0 Å². The lowest BCUT2D eigenvalue weighted by Gasteiger charge is -2.17. The number of thiophene rings is 1. The van der Waals surface area contributed by atoms with Crippen LogP contribution in [0.1, 0.15) is 29.0 Å². The van der Waals surface area contributed by atoms with Crippen LogP contribution < -0.4 is 5.32 Å². The zero-order valence-electron chi connectivity index (χ0n) is 10.7. The van der Waals surface area contributed by atoms with Gasteiger partial charge in [-0.25, -0.2) is 0 Å². The molecule has 0 radical (unpaired) electrons. The molecule has 1 heterocycles. The third-order valence-corrected chi connectivity index (χ3v) is 4.55. The summed E-state index contributed by atoms with van der Waals surface area (Å²) in [5.74, 6) is 0. The highest BCUT2D eigenvalue weighted by Gasteiger charge is 2.30. The molecule has 2 aromatic rings. The van der Waals surface area contributed by atoms with E-state index in [1.165, 1.54) is 12.1 Å². The van der Waals surface area contributed by atoms with Crippen LogP contribution in [0.2, 0.25) is 0 Å². The van der Waals surface area contributed by atoms with E-state index >= 15 is 0 Å². The van der Waals surface area contributed by atoms with E-state index < -0.39 is 11.7 Å². The Bertz CT molecular complexity index is 563. The first-order valence-corrected chi connectivity index (χ1v) is 7.68. The van der Waals surface area contributed by atoms with E-state index in [1.807, 2.05) is 19.1 Å². The minimum absolute atomic E-state index is 0.0846. The third kappa shape index (κ3) is 3.62. The van der Waals surface area contributed by atoms with Crippen molar-refractivity contribution in [3.63, 3.8) is 0 Å². The normalized spacial score (nSPS) is 13.4. The third-order valence-electron chi connectivity index (χ3n) is 2.86. The molecule has 0 saturated heterocycles. The fourth-order valence-corrected chi connectivity index (χ4v) is 3.46. The molecule has 0 fully saturated rings. The highest BCUT2D eigenvalue weighted by molar-refractivity contribution is 9.11. The smallest absolute Gasteiger partial charge is 0.306 e. The van der Waals surface area contributed by atoms with E-state index in [2.05, 4.69) is 21.2 Å². The van der Waals surface area contributed by atoms with Gasteiger partial charge < -0.3 is 5.32 Å². The van der Waals surface area contributed by atoms with E-state index in [0.29, 0.717) is 0 Å². The van der Waals surface area contributed by atoms with Crippen LogP contribution in [-0.2, 0) is 6.18 Å². The van der Waals surface area contributed by atoms with Crippen molar-refractivity contribution < 1.29 is 13.2 Å². The van der Waals surface area contributed by atoms with E-state index in [1.54, 1.807) is 11.3 Å². The van der Waals surface area contributed by atoms with Gasteiger partial charge in [-0.15, -0.1) is 11.3 Å². The lowest BCUT2D eigenvalue weighted by molar-refractivity contribution is -0.137. The number of alkyl halides is 3. The van der Waals surface area contributed by atoms with Crippen molar-refractivity contribution in [2.75, 3.05) is 6.54 Å². The zero-order valence-corrected chi connectivity index (χ0v) is 13.1. The van der Waals surface area contributed by atoms with Crippen molar-refractivity contribution in [2.45, 2.75) is 19.1 Å². The van der Waals surface area contributed by atoms with Crippen molar-refractivity contribution in [1.29, 1.82) is 0 Å². The molecule has 1 N–H and O–H groups in total. The molecule has 0 aliphatic rings. The number of hydrogen-bond donors (Lipinski definition) is 1. The fraction of sp³-hybridized carbons (Fsp3) is 0.286. The Labute approximate surface area is 128 Å². The highest BCUT2D eigenvalue weighted by Crippen LogP contribution is 2.33. The molecular formula is C14H13BrF3NS. The van der Waals surface area contributed by atoms with Gasteiger partial charge in [-0.3, -0.25) is 0 Å². The van der Waals surface area contributed by atoms with Gasteiger partial charge in [-0.05, 0) is 52.3 Å². The molecule has 0 bridgehead atoms. The Morgan fingerprint density at radius 3 is 2.25 bits per heavy atom. The molecule has 6 heteroatoms. The first kappa shape index (κ1) is 15.5. The second kappa shape index (κ2) is 6.28. The Kier molecular flexibility index (Phi) is 4.88. The van der Waals surface area contributed by atoms with Crippen LogP contribution in [-0.4, -0.2) is 6.54 Å². The van der Waals surface area contributed by atoms with Crippen molar-refractivity contribution in [3.8, 4) is 0 Å². The Balaban J connectivity index is 2.30. The topological polar surface area (TPSA) is 12.0 Å². The van der Waals surface area contributed by atoms with Gasteiger partial charge in [-0.2, -0.15) is 13.2 Å². The van der Waals surface area contributed by atoms with Gasteiger partial charge in [0, 0.05) is 4.88 Å². The summed E-state index contributed by atoms with van der Waals surface area (Å²) in [7, 11) is 0. The number of hydrogen-bond acceptors (Lipinski definition) is 2. The van der Waals surface area contributed by atoms with Crippen LogP contribution in [0.3, 0.4) is 0 Å². The van der Waals surface area contributed by atoms with Gasteiger partial charge >= 0.3 is 6.18 Å². The standard InChI is InChI=1S/C14H13BrF3NS/c1-2-19-13(11-7-8-12(15)20-11)9-3-5-10(6-4-9)14(16,17)18/h3-8,13,19H,2H2,1H3. The second-order valence-corrected chi connectivity index (χ2v) is 6.75. The average molecular weight is 364 g/mol. The first-order chi connectivity index (χ1) is 9.41. The maximum absolute atomic E-state index is 12.6. The molecule has 1 nitrogen and oxygen atoms in total. The summed E-state index contributed by atoms with van der Waals surface area (Å²) in [6.45, 7) is 2.71. The predicted molar refractivity (Wildman–Crippen MR) is 79.0 cm³/mol. The largest absolute Gasteiger partial charge is 0.416 e. The Morgan fingerprint density at radius 1 is 1.15 bits per heavy atom. The molecule has 108 valence electrons. The lowest BCUT2D eigenvalue weighted by atomic mass is 10.0. The van der Waals surface area contributed by atoms with Crippen LogP contribution in [0.25, 0.3) is 0 Å². The van der Waals surface area contributed by atoms with E-state index in [0.717, 1.165) is 32.9 Å². The van der Waals surface area contributed by atoms with Gasteiger partial charge in [-0.1, -0.05) is 19.1 Å². The molecule has 0 aliphatic heterocycles. The predicted octanol–water partition coefficient (Wildman–Crippen LogP) is 5.23. The molecule has 0 saturated carbocycles. The number of rotatable bonds is 4. The monoisotopic (exact) mass is 363 g/mol.